The highest BCUT2D eigenvalue weighted by Gasteiger charge is 2.44. The van der Waals surface area contributed by atoms with Gasteiger partial charge in [-0.3, -0.25) is 4.90 Å². The molecule has 7 heteroatoms. The van der Waals surface area contributed by atoms with E-state index in [0.717, 1.165) is 38.0 Å². The van der Waals surface area contributed by atoms with Gasteiger partial charge in [-0.2, -0.15) is 0 Å². The molecule has 18 heavy (non-hydrogen) atoms. The number of likely N-dealkylation sites (tertiary alicyclic amines) is 1. The van der Waals surface area contributed by atoms with Crippen LogP contribution < -0.4 is 0 Å². The summed E-state index contributed by atoms with van der Waals surface area (Å²) in [4.78, 5) is 2.27. The van der Waals surface area contributed by atoms with Crippen LogP contribution in [0.3, 0.4) is 0 Å². The van der Waals surface area contributed by atoms with Crippen LogP contribution >= 0.6 is 0 Å². The fourth-order valence-corrected chi connectivity index (χ4v) is 5.43. The normalized spacial score (nSPS) is 32.0. The third kappa shape index (κ3) is 2.42. The summed E-state index contributed by atoms with van der Waals surface area (Å²) < 4.78 is 27.9. The Kier molecular flexibility index (Phi) is 2.90. The molecule has 0 amide bonds. The van der Waals surface area contributed by atoms with Crippen LogP contribution in [0.1, 0.15) is 25.0 Å². The molecule has 2 aliphatic rings. The largest absolute Gasteiger partial charge is 0.297 e. The first-order valence-electron chi connectivity index (χ1n) is 6.26. The zero-order valence-corrected chi connectivity index (χ0v) is 11.0. The number of sulfone groups is 1. The first kappa shape index (κ1) is 12.1. The molecule has 1 atom stereocenters. The van der Waals surface area contributed by atoms with E-state index in [9.17, 15) is 8.42 Å². The molecule has 1 aromatic rings. The third-order valence-corrected chi connectivity index (χ3v) is 5.88. The van der Waals surface area contributed by atoms with Crippen molar-refractivity contribution in [3.05, 3.63) is 11.9 Å². The summed E-state index contributed by atoms with van der Waals surface area (Å²) in [7, 11) is -2.81. The maximum absolute atomic E-state index is 11.7. The zero-order chi connectivity index (χ0) is 12.6. The number of hydrogen-bond donors (Lipinski definition) is 0. The maximum atomic E-state index is 11.7. The van der Waals surface area contributed by atoms with Crippen LogP contribution in [-0.2, 0) is 16.4 Å². The highest BCUT2D eigenvalue weighted by molar-refractivity contribution is 7.91. The average molecular weight is 271 g/mol. The first-order chi connectivity index (χ1) is 8.57. The monoisotopic (exact) mass is 271 g/mol. The molecule has 3 rings (SSSR count). The van der Waals surface area contributed by atoms with Gasteiger partial charge < -0.3 is 0 Å². The van der Waals surface area contributed by atoms with Crippen LogP contribution in [0.5, 0.6) is 0 Å². The Labute approximate surface area is 106 Å². The summed E-state index contributed by atoms with van der Waals surface area (Å²) in [5, 5.41) is 7.40. The molecule has 0 saturated carbocycles. The molecule has 6 nitrogen and oxygen atoms in total. The van der Waals surface area contributed by atoms with Gasteiger partial charge in [-0.25, -0.2) is 13.0 Å². The Morgan fingerprint density at radius 3 is 3.00 bits per heavy atom. The van der Waals surface area contributed by atoms with Gasteiger partial charge in [0.2, 0.25) is 0 Å². The molecular formula is C11H17N3O3S. The second-order valence-electron chi connectivity index (χ2n) is 5.56. The van der Waals surface area contributed by atoms with E-state index in [-0.39, 0.29) is 5.41 Å². The number of piperidine rings is 1. The molecule has 2 saturated heterocycles. The smallest absolute Gasteiger partial charge is 0.150 e. The van der Waals surface area contributed by atoms with E-state index in [1.54, 1.807) is 6.20 Å². The van der Waals surface area contributed by atoms with E-state index in [2.05, 4.69) is 19.8 Å². The molecule has 1 unspecified atom stereocenters. The molecule has 100 valence electrons. The van der Waals surface area contributed by atoms with Crippen molar-refractivity contribution in [1.82, 2.24) is 15.2 Å². The molecule has 3 heterocycles. The number of hydrogen-bond acceptors (Lipinski definition) is 6. The molecule has 1 spiro atoms. The standard InChI is InChI=1S/C11H17N3O3S/c15-18(16)5-3-11(9-18)2-1-4-14(8-11)7-10-6-12-17-13-10/h6H,1-5,7-9H2. The van der Waals surface area contributed by atoms with Crippen molar-refractivity contribution < 1.29 is 13.0 Å². The van der Waals surface area contributed by atoms with Crippen LogP contribution in [0.2, 0.25) is 0 Å². The van der Waals surface area contributed by atoms with E-state index in [4.69, 9.17) is 0 Å². The maximum Gasteiger partial charge on any atom is 0.150 e. The van der Waals surface area contributed by atoms with Crippen molar-refractivity contribution in [2.45, 2.75) is 25.8 Å². The quantitative estimate of drug-likeness (QED) is 0.778. The van der Waals surface area contributed by atoms with Gasteiger partial charge in [-0.15, -0.1) is 0 Å². The lowest BCUT2D eigenvalue weighted by molar-refractivity contribution is 0.100. The highest BCUT2D eigenvalue weighted by Crippen LogP contribution is 2.40. The van der Waals surface area contributed by atoms with Crippen molar-refractivity contribution in [2.24, 2.45) is 5.41 Å². The lowest BCUT2D eigenvalue weighted by Crippen LogP contribution is -2.43. The van der Waals surface area contributed by atoms with Gasteiger partial charge in [0.25, 0.3) is 0 Å². The number of nitrogens with zero attached hydrogens (tertiary/aromatic N) is 3. The summed E-state index contributed by atoms with van der Waals surface area (Å²) in [5.41, 5.74) is 0.793. The Bertz CT molecular complexity index is 514. The summed E-state index contributed by atoms with van der Waals surface area (Å²) in [5.74, 6) is 0.708. The molecule has 2 aliphatic heterocycles. The summed E-state index contributed by atoms with van der Waals surface area (Å²) in [6, 6.07) is 0. The minimum absolute atomic E-state index is 0.0196. The molecule has 0 aromatic carbocycles. The predicted octanol–water partition coefficient (Wildman–Crippen LogP) is 0.470. The summed E-state index contributed by atoms with van der Waals surface area (Å²) in [6.45, 7) is 2.54. The van der Waals surface area contributed by atoms with Crippen LogP contribution in [0.4, 0.5) is 0 Å². The van der Waals surface area contributed by atoms with E-state index in [0.29, 0.717) is 18.1 Å². The first-order valence-corrected chi connectivity index (χ1v) is 8.08. The molecule has 0 bridgehead atoms. The van der Waals surface area contributed by atoms with E-state index < -0.39 is 9.84 Å². The van der Waals surface area contributed by atoms with Crippen molar-refractivity contribution in [2.75, 3.05) is 24.6 Å². The minimum Gasteiger partial charge on any atom is -0.297 e. The molecule has 2 fully saturated rings. The minimum atomic E-state index is -2.81. The van der Waals surface area contributed by atoms with Crippen molar-refractivity contribution in [1.29, 1.82) is 0 Å². The molecular weight excluding hydrogens is 254 g/mol. The molecule has 0 radical (unpaired) electrons. The summed E-state index contributed by atoms with van der Waals surface area (Å²) >= 11 is 0. The van der Waals surface area contributed by atoms with Gasteiger partial charge in [0.05, 0.1) is 17.7 Å². The molecule has 1 aromatic heterocycles. The van der Waals surface area contributed by atoms with Crippen molar-refractivity contribution in [3.63, 3.8) is 0 Å². The van der Waals surface area contributed by atoms with Gasteiger partial charge >= 0.3 is 0 Å². The Morgan fingerprint density at radius 2 is 2.33 bits per heavy atom. The average Bonchev–Trinajstić information content (AvgIpc) is 2.88. The fraction of sp³-hybridized carbons (Fsp3) is 0.818. The third-order valence-electron chi connectivity index (χ3n) is 4.00. The van der Waals surface area contributed by atoms with Gasteiger partial charge in [0, 0.05) is 13.1 Å². The second kappa shape index (κ2) is 4.31. The van der Waals surface area contributed by atoms with E-state index in [1.165, 1.54) is 0 Å². The Hall–Kier alpha value is -0.950. The van der Waals surface area contributed by atoms with Crippen LogP contribution in [0, 0.1) is 5.41 Å². The van der Waals surface area contributed by atoms with Gasteiger partial charge in [-0.1, -0.05) is 10.3 Å². The Morgan fingerprint density at radius 1 is 1.44 bits per heavy atom. The van der Waals surface area contributed by atoms with Gasteiger partial charge in [0.15, 0.2) is 9.84 Å². The Balaban J connectivity index is 1.69. The fourth-order valence-electron chi connectivity index (χ4n) is 3.23. The van der Waals surface area contributed by atoms with Crippen LogP contribution in [-0.4, -0.2) is 48.2 Å². The van der Waals surface area contributed by atoms with Crippen molar-refractivity contribution in [3.8, 4) is 0 Å². The van der Waals surface area contributed by atoms with E-state index in [1.807, 2.05) is 0 Å². The van der Waals surface area contributed by atoms with Gasteiger partial charge in [0.1, 0.15) is 5.69 Å². The number of aromatic nitrogens is 2. The van der Waals surface area contributed by atoms with Gasteiger partial charge in [-0.05, 0) is 31.2 Å². The lowest BCUT2D eigenvalue weighted by Gasteiger charge is -2.39. The SMILES string of the molecule is O=S1(=O)CCC2(CCCN(Cc3cnon3)C2)C1. The van der Waals surface area contributed by atoms with E-state index >= 15 is 0 Å². The molecule has 0 N–H and O–H groups in total. The second-order valence-corrected chi connectivity index (χ2v) is 7.74. The lowest BCUT2D eigenvalue weighted by atomic mass is 9.79. The van der Waals surface area contributed by atoms with Crippen LogP contribution in [0.25, 0.3) is 0 Å². The zero-order valence-electron chi connectivity index (χ0n) is 10.2. The van der Waals surface area contributed by atoms with Crippen molar-refractivity contribution >= 4 is 9.84 Å². The van der Waals surface area contributed by atoms with Crippen LogP contribution in [0.15, 0.2) is 10.8 Å². The highest BCUT2D eigenvalue weighted by atomic mass is 32.2. The molecule has 0 aliphatic carbocycles. The predicted molar refractivity (Wildman–Crippen MR) is 64.5 cm³/mol. The summed E-state index contributed by atoms with van der Waals surface area (Å²) in [6.07, 6.45) is 4.51. The topological polar surface area (TPSA) is 76.3 Å². The number of rotatable bonds is 2.